The lowest BCUT2D eigenvalue weighted by atomic mass is 10.0. The molecule has 0 spiro atoms. The highest BCUT2D eigenvalue weighted by atomic mass is 32.2. The Hall–Kier alpha value is -1.80. The average molecular weight is 394 g/mol. The Morgan fingerprint density at radius 3 is 2.44 bits per heavy atom. The van der Waals surface area contributed by atoms with E-state index in [1.807, 2.05) is 0 Å². The minimum atomic E-state index is -3.13. The fourth-order valence-electron chi connectivity index (χ4n) is 4.27. The van der Waals surface area contributed by atoms with Crippen LogP contribution in [0.2, 0.25) is 0 Å². The fourth-order valence-corrected chi connectivity index (χ4v) is 6.28. The van der Waals surface area contributed by atoms with E-state index in [1.54, 1.807) is 30.2 Å². The number of carbonyl (C=O) groups excluding carboxylic acids is 1. The van der Waals surface area contributed by atoms with Crippen molar-refractivity contribution in [1.29, 1.82) is 0 Å². The van der Waals surface area contributed by atoms with Crippen molar-refractivity contribution in [2.75, 3.05) is 45.4 Å². The van der Waals surface area contributed by atoms with Crippen LogP contribution >= 0.6 is 0 Å². The molecule has 0 bridgehead atoms. The van der Waals surface area contributed by atoms with Crippen molar-refractivity contribution in [3.63, 3.8) is 0 Å². The van der Waals surface area contributed by atoms with E-state index in [9.17, 15) is 13.2 Å². The largest absolute Gasteiger partial charge is 0.493 e. The Morgan fingerprint density at radius 2 is 1.78 bits per heavy atom. The standard InChI is InChI=1S/C19H26N2O5S/c1-25-17-6-5-14(9-18(17)26-2)19(22)21-8-7-20(10-13-3-4-13)15-11-27(23,24)12-16(15)21/h5-6,9,13,15-16H,3-4,7-8,10-12H2,1-2H3/t15-,16+/m1/s1. The van der Waals surface area contributed by atoms with Crippen molar-refractivity contribution >= 4 is 15.7 Å². The average Bonchev–Trinajstić information content (AvgIpc) is 3.40. The van der Waals surface area contributed by atoms with E-state index in [0.29, 0.717) is 29.5 Å². The van der Waals surface area contributed by atoms with Gasteiger partial charge >= 0.3 is 0 Å². The molecule has 27 heavy (non-hydrogen) atoms. The molecule has 1 aliphatic carbocycles. The third-order valence-electron chi connectivity index (χ3n) is 5.87. The molecule has 7 nitrogen and oxygen atoms in total. The Bertz CT molecular complexity index is 837. The third kappa shape index (κ3) is 3.65. The molecule has 3 fully saturated rings. The Kier molecular flexibility index (Phi) is 4.80. The molecular formula is C19H26N2O5S. The van der Waals surface area contributed by atoms with E-state index in [-0.39, 0.29) is 29.5 Å². The van der Waals surface area contributed by atoms with Crippen molar-refractivity contribution < 1.29 is 22.7 Å². The van der Waals surface area contributed by atoms with Gasteiger partial charge in [0, 0.05) is 31.2 Å². The zero-order valence-electron chi connectivity index (χ0n) is 15.8. The predicted molar refractivity (Wildman–Crippen MR) is 101 cm³/mol. The molecule has 2 saturated heterocycles. The van der Waals surface area contributed by atoms with E-state index >= 15 is 0 Å². The molecule has 0 aromatic heterocycles. The molecule has 0 N–H and O–H groups in total. The molecule has 2 heterocycles. The van der Waals surface area contributed by atoms with E-state index < -0.39 is 9.84 Å². The minimum Gasteiger partial charge on any atom is -0.493 e. The lowest BCUT2D eigenvalue weighted by molar-refractivity contribution is 0.0318. The second-order valence-electron chi connectivity index (χ2n) is 7.72. The zero-order valence-corrected chi connectivity index (χ0v) is 16.6. The monoisotopic (exact) mass is 394 g/mol. The van der Waals surface area contributed by atoms with Gasteiger partial charge in [-0.25, -0.2) is 8.42 Å². The summed E-state index contributed by atoms with van der Waals surface area (Å²) in [5.74, 6) is 1.81. The summed E-state index contributed by atoms with van der Waals surface area (Å²) >= 11 is 0. The van der Waals surface area contributed by atoms with Gasteiger partial charge in [-0.1, -0.05) is 0 Å². The molecular weight excluding hydrogens is 368 g/mol. The molecule has 2 atom stereocenters. The lowest BCUT2D eigenvalue weighted by Crippen LogP contribution is -2.60. The number of hydrogen-bond acceptors (Lipinski definition) is 6. The molecule has 1 amide bonds. The number of fused-ring (bicyclic) bond motifs is 1. The lowest BCUT2D eigenvalue weighted by Gasteiger charge is -2.44. The third-order valence-corrected chi connectivity index (χ3v) is 7.57. The maximum Gasteiger partial charge on any atom is 0.254 e. The van der Waals surface area contributed by atoms with Gasteiger partial charge in [-0.3, -0.25) is 9.69 Å². The highest BCUT2D eigenvalue weighted by Crippen LogP contribution is 2.35. The van der Waals surface area contributed by atoms with Gasteiger partial charge in [0.05, 0.1) is 31.8 Å². The van der Waals surface area contributed by atoms with Crippen LogP contribution in [0.5, 0.6) is 11.5 Å². The summed E-state index contributed by atoms with van der Waals surface area (Å²) in [5, 5.41) is 0. The SMILES string of the molecule is COc1ccc(C(=O)N2CCN(CC3CC3)[C@@H]3CS(=O)(=O)C[C@@H]32)cc1OC. The number of carbonyl (C=O) groups is 1. The van der Waals surface area contributed by atoms with E-state index in [2.05, 4.69) is 4.90 Å². The molecule has 8 heteroatoms. The summed E-state index contributed by atoms with van der Waals surface area (Å²) in [5.41, 5.74) is 0.492. The number of ether oxygens (including phenoxy) is 2. The number of rotatable bonds is 5. The quantitative estimate of drug-likeness (QED) is 0.743. The smallest absolute Gasteiger partial charge is 0.254 e. The molecule has 148 valence electrons. The maximum atomic E-state index is 13.2. The molecule has 0 unspecified atom stereocenters. The van der Waals surface area contributed by atoms with Gasteiger partial charge < -0.3 is 14.4 Å². The van der Waals surface area contributed by atoms with Gasteiger partial charge in [0.25, 0.3) is 5.91 Å². The van der Waals surface area contributed by atoms with Crippen LogP contribution in [-0.2, 0) is 9.84 Å². The van der Waals surface area contributed by atoms with Crippen molar-refractivity contribution in [3.05, 3.63) is 23.8 Å². The fraction of sp³-hybridized carbons (Fsp3) is 0.632. The van der Waals surface area contributed by atoms with Gasteiger partial charge in [-0.15, -0.1) is 0 Å². The molecule has 1 saturated carbocycles. The Balaban J connectivity index is 1.58. The molecule has 1 aromatic carbocycles. The van der Waals surface area contributed by atoms with Crippen molar-refractivity contribution in [1.82, 2.24) is 9.80 Å². The van der Waals surface area contributed by atoms with Gasteiger partial charge in [0.1, 0.15) is 0 Å². The van der Waals surface area contributed by atoms with E-state index in [0.717, 1.165) is 13.1 Å². The van der Waals surface area contributed by atoms with Crippen LogP contribution < -0.4 is 9.47 Å². The first-order valence-corrected chi connectivity index (χ1v) is 11.2. The minimum absolute atomic E-state index is 0.0534. The first-order chi connectivity index (χ1) is 12.9. The summed E-state index contributed by atoms with van der Waals surface area (Å²) in [7, 11) is -0.0514. The summed E-state index contributed by atoms with van der Waals surface area (Å²) in [6.07, 6.45) is 2.46. The molecule has 2 aliphatic heterocycles. The Labute approximate surface area is 160 Å². The topological polar surface area (TPSA) is 76.2 Å². The van der Waals surface area contributed by atoms with Gasteiger partial charge in [-0.05, 0) is 37.0 Å². The summed E-state index contributed by atoms with van der Waals surface area (Å²) in [6.45, 7) is 2.23. The number of hydrogen-bond donors (Lipinski definition) is 0. The predicted octanol–water partition coefficient (Wildman–Crippen LogP) is 1.04. The second-order valence-corrected chi connectivity index (χ2v) is 9.87. The number of benzene rings is 1. The van der Waals surface area contributed by atoms with Crippen molar-refractivity contribution in [3.8, 4) is 11.5 Å². The number of nitrogens with zero attached hydrogens (tertiary/aromatic N) is 2. The molecule has 1 aromatic rings. The maximum absolute atomic E-state index is 13.2. The van der Waals surface area contributed by atoms with Gasteiger partial charge in [0.2, 0.25) is 0 Å². The normalized spacial score (nSPS) is 27.3. The van der Waals surface area contributed by atoms with Gasteiger partial charge in [-0.2, -0.15) is 0 Å². The van der Waals surface area contributed by atoms with Gasteiger partial charge in [0.15, 0.2) is 21.3 Å². The molecule has 0 radical (unpaired) electrons. The zero-order chi connectivity index (χ0) is 19.2. The highest BCUT2D eigenvalue weighted by Gasteiger charge is 2.48. The summed E-state index contributed by atoms with van der Waals surface area (Å²) < 4.78 is 35.2. The Morgan fingerprint density at radius 1 is 1.07 bits per heavy atom. The molecule has 3 aliphatic rings. The highest BCUT2D eigenvalue weighted by molar-refractivity contribution is 7.91. The van der Waals surface area contributed by atoms with Crippen LogP contribution in [0, 0.1) is 5.92 Å². The summed E-state index contributed by atoms with van der Waals surface area (Å²) in [4.78, 5) is 17.2. The van der Waals surface area contributed by atoms with Crippen LogP contribution in [0.4, 0.5) is 0 Å². The number of piperazine rings is 1. The summed E-state index contributed by atoms with van der Waals surface area (Å²) in [6, 6.07) is 4.71. The number of sulfone groups is 1. The van der Waals surface area contributed by atoms with Crippen LogP contribution in [0.3, 0.4) is 0 Å². The van der Waals surface area contributed by atoms with Crippen LogP contribution in [0.25, 0.3) is 0 Å². The number of methoxy groups -OCH3 is 2. The first-order valence-electron chi connectivity index (χ1n) is 9.39. The second kappa shape index (κ2) is 6.98. The van der Waals surface area contributed by atoms with Crippen LogP contribution in [0.1, 0.15) is 23.2 Å². The molecule has 4 rings (SSSR count). The number of amides is 1. The van der Waals surface area contributed by atoms with Crippen LogP contribution in [-0.4, -0.2) is 81.6 Å². The first kappa shape index (κ1) is 18.6. The van der Waals surface area contributed by atoms with Crippen molar-refractivity contribution in [2.45, 2.75) is 24.9 Å². The van der Waals surface area contributed by atoms with E-state index in [4.69, 9.17) is 9.47 Å². The van der Waals surface area contributed by atoms with Crippen molar-refractivity contribution in [2.24, 2.45) is 5.92 Å². The van der Waals surface area contributed by atoms with Crippen LogP contribution in [0.15, 0.2) is 18.2 Å². The van der Waals surface area contributed by atoms with E-state index in [1.165, 1.54) is 20.0 Å².